The molecule has 0 saturated heterocycles. The summed E-state index contributed by atoms with van der Waals surface area (Å²) >= 11 is 0. The van der Waals surface area contributed by atoms with Crippen molar-refractivity contribution in [2.75, 3.05) is 12.4 Å². The summed E-state index contributed by atoms with van der Waals surface area (Å²) in [5.74, 6) is 0.803. The van der Waals surface area contributed by atoms with Gasteiger partial charge in [-0.1, -0.05) is 0 Å². The smallest absolute Gasteiger partial charge is 0.319 e. The molecular weight excluding hydrogens is 304 g/mol. The average Bonchev–Trinajstić information content (AvgIpc) is 2.73. The van der Waals surface area contributed by atoms with Gasteiger partial charge in [0.25, 0.3) is 0 Å². The summed E-state index contributed by atoms with van der Waals surface area (Å²) in [6.07, 6.45) is 0.751. The van der Waals surface area contributed by atoms with Crippen LogP contribution in [0, 0.1) is 20.8 Å². The molecule has 0 aliphatic rings. The van der Waals surface area contributed by atoms with Crippen LogP contribution in [0.15, 0.2) is 18.2 Å². The third-order valence-electron chi connectivity index (χ3n) is 4.20. The van der Waals surface area contributed by atoms with Crippen LogP contribution >= 0.6 is 0 Å². The van der Waals surface area contributed by atoms with E-state index in [1.807, 2.05) is 57.6 Å². The number of nitrogens with zero attached hydrogens (tertiary/aromatic N) is 2. The average molecular weight is 330 g/mol. The molecule has 2 amide bonds. The van der Waals surface area contributed by atoms with E-state index < -0.39 is 0 Å². The van der Waals surface area contributed by atoms with Crippen LogP contribution in [0.2, 0.25) is 0 Å². The van der Waals surface area contributed by atoms with Crippen molar-refractivity contribution < 1.29 is 9.53 Å². The first-order chi connectivity index (χ1) is 11.3. The molecule has 2 N–H and O–H groups in total. The lowest BCUT2D eigenvalue weighted by Gasteiger charge is -2.15. The molecule has 0 aliphatic carbocycles. The van der Waals surface area contributed by atoms with Crippen LogP contribution in [-0.2, 0) is 13.5 Å². The van der Waals surface area contributed by atoms with Crippen molar-refractivity contribution >= 4 is 11.7 Å². The number of rotatable bonds is 5. The molecule has 1 aromatic heterocycles. The summed E-state index contributed by atoms with van der Waals surface area (Å²) in [6, 6.07) is 5.35. The number of ether oxygens (including phenoxy) is 1. The van der Waals surface area contributed by atoms with E-state index >= 15 is 0 Å². The predicted octanol–water partition coefficient (Wildman–Crippen LogP) is 3.11. The summed E-state index contributed by atoms with van der Waals surface area (Å²) in [7, 11) is 3.56. The van der Waals surface area contributed by atoms with Crippen LogP contribution < -0.4 is 15.4 Å². The fourth-order valence-electron chi connectivity index (χ4n) is 2.82. The molecule has 1 aromatic carbocycles. The van der Waals surface area contributed by atoms with Crippen LogP contribution in [0.1, 0.15) is 29.4 Å². The van der Waals surface area contributed by atoms with Crippen molar-refractivity contribution in [1.82, 2.24) is 15.1 Å². The van der Waals surface area contributed by atoms with Gasteiger partial charge >= 0.3 is 6.03 Å². The molecule has 6 nitrogen and oxygen atoms in total. The molecule has 0 aliphatic heterocycles. The zero-order chi connectivity index (χ0) is 17.9. The van der Waals surface area contributed by atoms with Crippen molar-refractivity contribution in [3.8, 4) is 5.75 Å². The summed E-state index contributed by atoms with van der Waals surface area (Å²) in [6.45, 7) is 7.97. The van der Waals surface area contributed by atoms with Gasteiger partial charge in [-0.3, -0.25) is 4.68 Å². The van der Waals surface area contributed by atoms with Gasteiger partial charge < -0.3 is 15.4 Å². The van der Waals surface area contributed by atoms with E-state index in [9.17, 15) is 4.79 Å². The highest BCUT2D eigenvalue weighted by Crippen LogP contribution is 2.21. The standard InChI is InChI=1S/C18H26N4O2/c1-11-9-15(7-8-17(11)24-6)20-18(23)19-12(2)10-16-13(3)21-22(5)14(16)4/h7-9,12H,10H2,1-6H3,(H2,19,20,23)/t12-/m0/s1. The van der Waals surface area contributed by atoms with E-state index in [4.69, 9.17) is 4.74 Å². The van der Waals surface area contributed by atoms with Gasteiger partial charge in [-0.05, 0) is 63.4 Å². The molecule has 0 spiro atoms. The van der Waals surface area contributed by atoms with Crippen molar-refractivity contribution in [1.29, 1.82) is 0 Å². The number of aryl methyl sites for hydroxylation is 3. The number of carbonyl (C=O) groups is 1. The second-order valence-corrected chi connectivity index (χ2v) is 6.16. The quantitative estimate of drug-likeness (QED) is 0.885. The fourth-order valence-corrected chi connectivity index (χ4v) is 2.82. The minimum atomic E-state index is -0.216. The van der Waals surface area contributed by atoms with E-state index in [1.165, 1.54) is 5.56 Å². The number of hydrogen-bond acceptors (Lipinski definition) is 3. The Balaban J connectivity index is 1.95. The Morgan fingerprint density at radius 3 is 2.58 bits per heavy atom. The topological polar surface area (TPSA) is 68.2 Å². The molecule has 0 radical (unpaired) electrons. The number of hydrogen-bond donors (Lipinski definition) is 2. The maximum absolute atomic E-state index is 12.2. The van der Waals surface area contributed by atoms with Gasteiger partial charge in [-0.25, -0.2) is 4.79 Å². The SMILES string of the molecule is COc1ccc(NC(=O)N[C@@H](C)Cc2c(C)nn(C)c2C)cc1C. The van der Waals surface area contributed by atoms with E-state index in [-0.39, 0.29) is 12.1 Å². The van der Waals surface area contributed by atoms with E-state index in [1.54, 1.807) is 7.11 Å². The molecule has 1 heterocycles. The Kier molecular flexibility index (Phi) is 5.49. The first-order valence-electron chi connectivity index (χ1n) is 8.03. The first-order valence-corrected chi connectivity index (χ1v) is 8.03. The molecule has 2 rings (SSSR count). The highest BCUT2D eigenvalue weighted by Gasteiger charge is 2.15. The fraction of sp³-hybridized carbons (Fsp3) is 0.444. The maximum atomic E-state index is 12.2. The number of carbonyl (C=O) groups excluding carboxylic acids is 1. The highest BCUT2D eigenvalue weighted by molar-refractivity contribution is 5.89. The van der Waals surface area contributed by atoms with Crippen molar-refractivity contribution in [3.63, 3.8) is 0 Å². The number of urea groups is 1. The van der Waals surface area contributed by atoms with Crippen molar-refractivity contribution in [2.24, 2.45) is 7.05 Å². The van der Waals surface area contributed by atoms with Crippen LogP contribution in [0.25, 0.3) is 0 Å². The van der Waals surface area contributed by atoms with Crippen LogP contribution in [0.4, 0.5) is 10.5 Å². The van der Waals surface area contributed by atoms with E-state index in [0.717, 1.165) is 34.8 Å². The van der Waals surface area contributed by atoms with Gasteiger partial charge in [0.2, 0.25) is 0 Å². The highest BCUT2D eigenvalue weighted by atomic mass is 16.5. The minimum Gasteiger partial charge on any atom is -0.496 e. The van der Waals surface area contributed by atoms with Crippen molar-refractivity contribution in [2.45, 2.75) is 40.2 Å². The van der Waals surface area contributed by atoms with Gasteiger partial charge in [0, 0.05) is 24.5 Å². The molecule has 0 saturated carbocycles. The number of benzene rings is 1. The van der Waals surface area contributed by atoms with Crippen LogP contribution in [0.5, 0.6) is 5.75 Å². The lowest BCUT2D eigenvalue weighted by Crippen LogP contribution is -2.37. The Bertz CT molecular complexity index is 737. The Morgan fingerprint density at radius 2 is 2.04 bits per heavy atom. The van der Waals surface area contributed by atoms with E-state index in [2.05, 4.69) is 15.7 Å². The normalized spacial score (nSPS) is 11.9. The molecule has 0 bridgehead atoms. The number of amides is 2. The van der Waals surface area contributed by atoms with Crippen LogP contribution in [-0.4, -0.2) is 29.0 Å². The van der Waals surface area contributed by atoms with Gasteiger partial charge in [0.1, 0.15) is 5.75 Å². The number of anilines is 1. The molecule has 130 valence electrons. The number of aromatic nitrogens is 2. The third-order valence-corrected chi connectivity index (χ3v) is 4.20. The van der Waals surface area contributed by atoms with Gasteiger partial charge in [-0.2, -0.15) is 5.10 Å². The lowest BCUT2D eigenvalue weighted by molar-refractivity contribution is 0.249. The molecule has 6 heteroatoms. The zero-order valence-electron chi connectivity index (χ0n) is 15.2. The Hall–Kier alpha value is -2.50. The second kappa shape index (κ2) is 7.38. The molecule has 2 aromatic rings. The summed E-state index contributed by atoms with van der Waals surface area (Å²) < 4.78 is 7.10. The minimum absolute atomic E-state index is 0.00550. The van der Waals surface area contributed by atoms with Gasteiger partial charge in [0.15, 0.2) is 0 Å². The summed E-state index contributed by atoms with van der Waals surface area (Å²) in [4.78, 5) is 12.2. The molecular formula is C18H26N4O2. The Morgan fingerprint density at radius 1 is 1.33 bits per heavy atom. The second-order valence-electron chi connectivity index (χ2n) is 6.16. The zero-order valence-corrected chi connectivity index (χ0v) is 15.2. The lowest BCUT2D eigenvalue weighted by atomic mass is 10.1. The molecule has 0 fully saturated rings. The Labute approximate surface area is 143 Å². The van der Waals surface area contributed by atoms with Gasteiger partial charge in [-0.15, -0.1) is 0 Å². The number of methoxy groups -OCH3 is 1. The van der Waals surface area contributed by atoms with Gasteiger partial charge in [0.05, 0.1) is 12.8 Å². The molecule has 1 atom stereocenters. The van der Waals surface area contributed by atoms with Crippen molar-refractivity contribution in [3.05, 3.63) is 40.7 Å². The predicted molar refractivity (Wildman–Crippen MR) is 95.7 cm³/mol. The first kappa shape index (κ1) is 17.8. The van der Waals surface area contributed by atoms with E-state index in [0.29, 0.717) is 0 Å². The monoisotopic (exact) mass is 330 g/mol. The molecule has 24 heavy (non-hydrogen) atoms. The maximum Gasteiger partial charge on any atom is 0.319 e. The number of nitrogens with one attached hydrogen (secondary N) is 2. The summed E-state index contributed by atoms with van der Waals surface area (Å²) in [5.41, 5.74) is 5.05. The largest absolute Gasteiger partial charge is 0.496 e. The summed E-state index contributed by atoms with van der Waals surface area (Å²) in [5, 5.41) is 10.2. The third kappa shape index (κ3) is 4.07. The molecule has 0 unspecified atom stereocenters. The van der Waals surface area contributed by atoms with Crippen LogP contribution in [0.3, 0.4) is 0 Å².